The summed E-state index contributed by atoms with van der Waals surface area (Å²) in [6.45, 7) is 3.72. The van der Waals surface area contributed by atoms with E-state index in [0.29, 0.717) is 27.3 Å². The molecule has 0 aliphatic carbocycles. The Bertz CT molecular complexity index is 1420. The Morgan fingerprint density at radius 1 is 0.935 bits per heavy atom. The van der Waals surface area contributed by atoms with Crippen molar-refractivity contribution in [2.45, 2.75) is 20.4 Å². The molecule has 0 saturated carbocycles. The monoisotopic (exact) mass is 433 g/mol. The standard InChI is InChI=1S/C24H20ClN3O3/c1-15-7-10-18(13-16(15)2)26-22(29)14-27-21-6-4-3-5-20(21)23(30)28(24(27)31)19-11-8-17(25)9-12-19/h3-13H,14H2,1-2H3,(H,26,29). The molecule has 1 N–H and O–H groups in total. The van der Waals surface area contributed by atoms with Crippen LogP contribution in [0, 0.1) is 13.8 Å². The van der Waals surface area contributed by atoms with Crippen LogP contribution in [0.25, 0.3) is 16.6 Å². The molecule has 0 aliphatic rings. The number of halogens is 1. The number of aromatic nitrogens is 2. The number of amides is 1. The second-order valence-corrected chi connectivity index (χ2v) is 7.79. The van der Waals surface area contributed by atoms with Gasteiger partial charge in [0.25, 0.3) is 5.56 Å². The van der Waals surface area contributed by atoms with Crippen molar-refractivity contribution in [3.05, 3.63) is 104 Å². The molecule has 0 aliphatic heterocycles. The van der Waals surface area contributed by atoms with Crippen LogP contribution in [-0.4, -0.2) is 15.0 Å². The molecule has 1 heterocycles. The van der Waals surface area contributed by atoms with E-state index >= 15 is 0 Å². The molecule has 4 aromatic rings. The van der Waals surface area contributed by atoms with E-state index in [0.717, 1.165) is 15.7 Å². The number of fused-ring (bicyclic) bond motifs is 1. The third-order valence-electron chi connectivity index (χ3n) is 5.23. The number of nitrogens with zero attached hydrogens (tertiary/aromatic N) is 2. The first-order valence-corrected chi connectivity index (χ1v) is 10.1. The predicted octanol–water partition coefficient (Wildman–Crippen LogP) is 4.06. The summed E-state index contributed by atoms with van der Waals surface area (Å²) in [5.41, 5.74) is 2.56. The number of benzene rings is 3. The predicted molar refractivity (Wildman–Crippen MR) is 123 cm³/mol. The summed E-state index contributed by atoms with van der Waals surface area (Å²) >= 11 is 5.95. The van der Waals surface area contributed by atoms with Crippen molar-refractivity contribution in [3.63, 3.8) is 0 Å². The van der Waals surface area contributed by atoms with Gasteiger partial charge in [0.1, 0.15) is 6.54 Å². The Balaban J connectivity index is 1.80. The van der Waals surface area contributed by atoms with E-state index in [1.54, 1.807) is 48.5 Å². The van der Waals surface area contributed by atoms with Gasteiger partial charge in [-0.05, 0) is 73.5 Å². The second kappa shape index (κ2) is 8.24. The van der Waals surface area contributed by atoms with Crippen LogP contribution < -0.4 is 16.6 Å². The van der Waals surface area contributed by atoms with Gasteiger partial charge in [-0.25, -0.2) is 9.36 Å². The molecular formula is C24H20ClN3O3. The molecule has 31 heavy (non-hydrogen) atoms. The fraction of sp³-hybridized carbons (Fsp3) is 0.125. The van der Waals surface area contributed by atoms with E-state index < -0.39 is 11.2 Å². The van der Waals surface area contributed by atoms with E-state index in [2.05, 4.69) is 5.32 Å². The molecule has 156 valence electrons. The molecule has 0 unspecified atom stereocenters. The first kappa shape index (κ1) is 20.6. The van der Waals surface area contributed by atoms with Gasteiger partial charge in [0, 0.05) is 10.7 Å². The van der Waals surface area contributed by atoms with Crippen molar-refractivity contribution in [2.75, 3.05) is 5.32 Å². The molecule has 0 fully saturated rings. The number of nitrogens with one attached hydrogen (secondary N) is 1. The van der Waals surface area contributed by atoms with Crippen LogP contribution in [0.1, 0.15) is 11.1 Å². The minimum Gasteiger partial charge on any atom is -0.325 e. The molecule has 4 rings (SSSR count). The summed E-state index contributed by atoms with van der Waals surface area (Å²) in [6.07, 6.45) is 0. The van der Waals surface area contributed by atoms with Crippen LogP contribution in [0.2, 0.25) is 5.02 Å². The third kappa shape index (κ3) is 4.02. The number of hydrogen-bond donors (Lipinski definition) is 1. The Morgan fingerprint density at radius 3 is 2.35 bits per heavy atom. The highest BCUT2D eigenvalue weighted by Gasteiger charge is 2.16. The highest BCUT2D eigenvalue weighted by molar-refractivity contribution is 6.30. The van der Waals surface area contributed by atoms with Crippen molar-refractivity contribution >= 4 is 34.1 Å². The summed E-state index contributed by atoms with van der Waals surface area (Å²) < 4.78 is 2.36. The lowest BCUT2D eigenvalue weighted by molar-refractivity contribution is -0.116. The number of aryl methyl sites for hydroxylation is 2. The van der Waals surface area contributed by atoms with E-state index in [1.807, 2.05) is 32.0 Å². The fourth-order valence-corrected chi connectivity index (χ4v) is 3.58. The number of anilines is 1. The Morgan fingerprint density at radius 2 is 1.65 bits per heavy atom. The lowest BCUT2D eigenvalue weighted by Gasteiger charge is -2.14. The molecule has 1 amide bonds. The van der Waals surface area contributed by atoms with Crippen LogP contribution in [0.4, 0.5) is 5.69 Å². The lowest BCUT2D eigenvalue weighted by Crippen LogP contribution is -2.40. The van der Waals surface area contributed by atoms with Gasteiger partial charge in [0.05, 0.1) is 16.6 Å². The lowest BCUT2D eigenvalue weighted by atomic mass is 10.1. The third-order valence-corrected chi connectivity index (χ3v) is 5.48. The number of para-hydroxylation sites is 1. The van der Waals surface area contributed by atoms with Gasteiger partial charge in [-0.2, -0.15) is 0 Å². The van der Waals surface area contributed by atoms with Crippen LogP contribution in [0.15, 0.2) is 76.3 Å². The summed E-state index contributed by atoms with van der Waals surface area (Å²) in [5.74, 6) is -0.364. The first-order valence-electron chi connectivity index (χ1n) is 9.73. The number of carbonyl (C=O) groups is 1. The van der Waals surface area contributed by atoms with Gasteiger partial charge >= 0.3 is 5.69 Å². The van der Waals surface area contributed by atoms with Crippen LogP contribution >= 0.6 is 11.6 Å². The zero-order chi connectivity index (χ0) is 22.1. The average Bonchev–Trinajstić information content (AvgIpc) is 2.75. The van der Waals surface area contributed by atoms with Crippen LogP contribution in [0.5, 0.6) is 0 Å². The topological polar surface area (TPSA) is 73.1 Å². The van der Waals surface area contributed by atoms with Gasteiger partial charge in [0.15, 0.2) is 0 Å². The molecule has 0 atom stereocenters. The van der Waals surface area contributed by atoms with Crippen molar-refractivity contribution in [2.24, 2.45) is 0 Å². The van der Waals surface area contributed by atoms with Crippen molar-refractivity contribution < 1.29 is 4.79 Å². The highest BCUT2D eigenvalue weighted by atomic mass is 35.5. The minimum absolute atomic E-state index is 0.236. The van der Waals surface area contributed by atoms with E-state index in [9.17, 15) is 14.4 Å². The maximum absolute atomic E-state index is 13.3. The zero-order valence-electron chi connectivity index (χ0n) is 17.1. The second-order valence-electron chi connectivity index (χ2n) is 7.35. The normalized spacial score (nSPS) is 10.9. The molecule has 7 heteroatoms. The van der Waals surface area contributed by atoms with Crippen molar-refractivity contribution in [1.82, 2.24) is 9.13 Å². The number of hydrogen-bond acceptors (Lipinski definition) is 3. The zero-order valence-corrected chi connectivity index (χ0v) is 17.8. The van der Waals surface area contributed by atoms with E-state index in [1.165, 1.54) is 4.57 Å². The Kier molecular flexibility index (Phi) is 5.48. The van der Waals surface area contributed by atoms with E-state index in [-0.39, 0.29) is 12.5 Å². The molecular weight excluding hydrogens is 414 g/mol. The smallest absolute Gasteiger partial charge is 0.325 e. The molecule has 0 spiro atoms. The summed E-state index contributed by atoms with van der Waals surface area (Å²) in [6, 6.07) is 18.8. The van der Waals surface area contributed by atoms with Gasteiger partial charge in [-0.3, -0.25) is 14.2 Å². The SMILES string of the molecule is Cc1ccc(NC(=O)Cn2c(=O)n(-c3ccc(Cl)cc3)c(=O)c3ccccc32)cc1C. The fourth-order valence-electron chi connectivity index (χ4n) is 3.45. The average molecular weight is 434 g/mol. The molecule has 1 aromatic heterocycles. The summed E-state index contributed by atoms with van der Waals surface area (Å²) in [4.78, 5) is 39.1. The van der Waals surface area contributed by atoms with Gasteiger partial charge in [0.2, 0.25) is 5.91 Å². The molecule has 6 nitrogen and oxygen atoms in total. The quantitative estimate of drug-likeness (QED) is 0.527. The molecule has 3 aromatic carbocycles. The van der Waals surface area contributed by atoms with Crippen molar-refractivity contribution in [1.29, 1.82) is 0 Å². The molecule has 0 saturated heterocycles. The number of rotatable bonds is 4. The first-order chi connectivity index (χ1) is 14.8. The molecule has 0 radical (unpaired) electrons. The summed E-state index contributed by atoms with van der Waals surface area (Å²) in [5, 5.41) is 3.66. The largest absolute Gasteiger partial charge is 0.336 e. The van der Waals surface area contributed by atoms with Gasteiger partial charge in [-0.15, -0.1) is 0 Å². The van der Waals surface area contributed by atoms with Crippen molar-refractivity contribution in [3.8, 4) is 5.69 Å². The van der Waals surface area contributed by atoms with E-state index in [4.69, 9.17) is 11.6 Å². The van der Waals surface area contributed by atoms with Crippen LogP contribution in [-0.2, 0) is 11.3 Å². The maximum Gasteiger partial charge on any atom is 0.336 e. The minimum atomic E-state index is -0.596. The Hall–Kier alpha value is -3.64. The molecule has 0 bridgehead atoms. The maximum atomic E-state index is 13.3. The summed E-state index contributed by atoms with van der Waals surface area (Å²) in [7, 11) is 0. The Labute approximate surface area is 183 Å². The van der Waals surface area contributed by atoms with Gasteiger partial charge in [-0.1, -0.05) is 29.8 Å². The van der Waals surface area contributed by atoms with Crippen LogP contribution in [0.3, 0.4) is 0 Å². The highest BCUT2D eigenvalue weighted by Crippen LogP contribution is 2.16. The number of carbonyl (C=O) groups excluding carboxylic acids is 1. The van der Waals surface area contributed by atoms with Gasteiger partial charge < -0.3 is 5.32 Å².